The zero-order valence-electron chi connectivity index (χ0n) is 18.0. The number of nitrogens with one attached hydrogen (secondary N) is 1. The zero-order chi connectivity index (χ0) is 23.6. The number of furan rings is 1. The van der Waals surface area contributed by atoms with Crippen molar-refractivity contribution in [2.45, 2.75) is 13.1 Å². The normalized spacial score (nSPS) is 18.0. The Balaban J connectivity index is 1.56. The molecule has 0 atom stereocenters. The van der Waals surface area contributed by atoms with Gasteiger partial charge in [-0.15, -0.1) is 0 Å². The number of pyridine rings is 1. The van der Waals surface area contributed by atoms with Gasteiger partial charge in [-0.25, -0.2) is 15.0 Å². The van der Waals surface area contributed by atoms with Crippen LogP contribution >= 0.6 is 0 Å². The van der Waals surface area contributed by atoms with E-state index < -0.39 is 12.7 Å². The number of hydrazine groups is 1. The molecule has 4 heterocycles. The average Bonchev–Trinajstić information content (AvgIpc) is 3.30. The number of hydrogen-bond donors (Lipinski definition) is 2. The van der Waals surface area contributed by atoms with Gasteiger partial charge >= 0.3 is 6.18 Å². The monoisotopic (exact) mass is 463 g/mol. The molecule has 1 fully saturated rings. The molecule has 1 saturated heterocycles. The highest BCUT2D eigenvalue weighted by Crippen LogP contribution is 2.41. The van der Waals surface area contributed by atoms with Gasteiger partial charge in [-0.05, 0) is 25.1 Å². The van der Waals surface area contributed by atoms with Crippen LogP contribution in [0.5, 0.6) is 5.75 Å². The van der Waals surface area contributed by atoms with Crippen molar-refractivity contribution < 1.29 is 27.4 Å². The minimum absolute atomic E-state index is 0.162. The summed E-state index contributed by atoms with van der Waals surface area (Å²) in [7, 11) is 0. The van der Waals surface area contributed by atoms with Gasteiger partial charge in [0.2, 0.25) is 5.88 Å². The summed E-state index contributed by atoms with van der Waals surface area (Å²) in [5.74, 6) is 0.989. The summed E-state index contributed by atoms with van der Waals surface area (Å²) in [5, 5.41) is 12.6. The number of ether oxygens (including phenoxy) is 1. The molecule has 2 aromatic rings. The Labute approximate surface area is 188 Å². The topological polar surface area (TPSA) is 86.4 Å². The van der Waals surface area contributed by atoms with E-state index in [1.54, 1.807) is 36.5 Å². The molecule has 0 spiro atoms. The predicted octanol–water partition coefficient (Wildman–Crippen LogP) is 4.15. The standard InChI is InChI=1S/C22H24F3N5O3/c1-3-32-14(2)18-19(31)17(11-15-12-27-20-16(15)5-4-6-26-20)33-21(18)28-30-9-7-29(8-10-30)13-22(23,24)25/h4-6,11-12,28,31H,2-3,7-10,13H2,1H3. The maximum Gasteiger partial charge on any atom is 0.401 e. The Bertz CT molecular complexity index is 1090. The van der Waals surface area contributed by atoms with Gasteiger partial charge in [0.15, 0.2) is 17.3 Å². The highest BCUT2D eigenvalue weighted by atomic mass is 19.4. The van der Waals surface area contributed by atoms with E-state index in [1.807, 2.05) is 6.07 Å². The van der Waals surface area contributed by atoms with Crippen LogP contribution in [0.3, 0.4) is 0 Å². The molecule has 176 valence electrons. The SMILES string of the molecule is C=C(OCC)c1c(NN2CCN(CC(F)(F)F)CC2)oc(C=C2C=Nc3ncccc32)c1O. The minimum atomic E-state index is -4.23. The van der Waals surface area contributed by atoms with E-state index in [-0.39, 0.29) is 41.8 Å². The molecule has 2 aliphatic rings. The lowest BCUT2D eigenvalue weighted by molar-refractivity contribution is -0.148. The maximum absolute atomic E-state index is 12.6. The first kappa shape index (κ1) is 22.9. The number of aromatic nitrogens is 1. The van der Waals surface area contributed by atoms with Crippen LogP contribution in [0.4, 0.5) is 24.9 Å². The Morgan fingerprint density at radius 3 is 2.79 bits per heavy atom. The van der Waals surface area contributed by atoms with Gasteiger partial charge in [0.25, 0.3) is 0 Å². The molecule has 2 aliphatic heterocycles. The van der Waals surface area contributed by atoms with Crippen molar-refractivity contribution in [3.63, 3.8) is 0 Å². The molecular formula is C22H24F3N5O3. The third kappa shape index (κ3) is 5.20. The van der Waals surface area contributed by atoms with Crippen molar-refractivity contribution in [3.8, 4) is 5.75 Å². The smallest absolute Gasteiger partial charge is 0.401 e. The third-order valence-corrected chi connectivity index (χ3v) is 5.25. The van der Waals surface area contributed by atoms with Crippen molar-refractivity contribution in [2.75, 3.05) is 44.8 Å². The first-order valence-electron chi connectivity index (χ1n) is 10.4. The Morgan fingerprint density at radius 1 is 1.33 bits per heavy atom. The largest absolute Gasteiger partial charge is 0.504 e. The lowest BCUT2D eigenvalue weighted by Crippen LogP contribution is -2.50. The summed E-state index contributed by atoms with van der Waals surface area (Å²) in [6.45, 7) is 6.19. The van der Waals surface area contributed by atoms with Crippen molar-refractivity contribution in [1.82, 2.24) is 14.9 Å². The lowest BCUT2D eigenvalue weighted by atomic mass is 10.1. The molecule has 0 radical (unpaired) electrons. The Morgan fingerprint density at radius 2 is 2.09 bits per heavy atom. The number of halogens is 3. The summed E-state index contributed by atoms with van der Waals surface area (Å²) in [5.41, 5.74) is 4.82. The number of nitrogens with zero attached hydrogens (tertiary/aromatic N) is 4. The maximum atomic E-state index is 12.6. The van der Waals surface area contributed by atoms with Gasteiger partial charge in [-0.2, -0.15) is 13.2 Å². The summed E-state index contributed by atoms with van der Waals surface area (Å²) in [4.78, 5) is 9.79. The van der Waals surface area contributed by atoms with Crippen LogP contribution in [0, 0.1) is 0 Å². The Hall–Kier alpha value is -3.31. The number of fused-ring (bicyclic) bond motifs is 1. The molecule has 0 aliphatic carbocycles. The van der Waals surface area contributed by atoms with E-state index in [1.165, 1.54) is 4.90 Å². The molecule has 8 nitrogen and oxygen atoms in total. The number of anilines is 1. The minimum Gasteiger partial charge on any atom is -0.504 e. The molecule has 2 aromatic heterocycles. The number of allylic oxidation sites excluding steroid dienone is 1. The average molecular weight is 463 g/mol. The van der Waals surface area contributed by atoms with Gasteiger partial charge in [0.05, 0.1) is 13.2 Å². The van der Waals surface area contributed by atoms with Gasteiger partial charge in [-0.3, -0.25) is 10.3 Å². The molecule has 0 saturated carbocycles. The molecular weight excluding hydrogens is 439 g/mol. The zero-order valence-corrected chi connectivity index (χ0v) is 18.0. The Kier molecular flexibility index (Phi) is 6.43. The van der Waals surface area contributed by atoms with E-state index in [0.29, 0.717) is 31.1 Å². The first-order chi connectivity index (χ1) is 15.7. The van der Waals surface area contributed by atoms with Crippen LogP contribution in [-0.2, 0) is 4.74 Å². The van der Waals surface area contributed by atoms with Crippen LogP contribution in [0.25, 0.3) is 17.4 Å². The first-order valence-corrected chi connectivity index (χ1v) is 10.4. The summed E-state index contributed by atoms with van der Waals surface area (Å²) in [6.07, 6.45) is 0.681. The number of rotatable bonds is 7. The number of piperazine rings is 1. The van der Waals surface area contributed by atoms with Gasteiger partial charge in [-0.1, -0.05) is 6.58 Å². The molecule has 11 heteroatoms. The molecule has 0 amide bonds. The summed E-state index contributed by atoms with van der Waals surface area (Å²) >= 11 is 0. The number of aromatic hydroxyl groups is 1. The van der Waals surface area contributed by atoms with Crippen LogP contribution in [0.2, 0.25) is 0 Å². The molecule has 0 aromatic carbocycles. The predicted molar refractivity (Wildman–Crippen MR) is 119 cm³/mol. The summed E-state index contributed by atoms with van der Waals surface area (Å²) in [6, 6.07) is 3.65. The molecule has 0 bridgehead atoms. The quantitative estimate of drug-likeness (QED) is 0.597. The fourth-order valence-electron chi connectivity index (χ4n) is 3.72. The van der Waals surface area contributed by atoms with E-state index in [9.17, 15) is 18.3 Å². The second-order valence-electron chi connectivity index (χ2n) is 7.60. The van der Waals surface area contributed by atoms with Crippen molar-refractivity contribution >= 4 is 35.3 Å². The highest BCUT2D eigenvalue weighted by Gasteiger charge is 2.33. The molecule has 4 rings (SSSR count). The van der Waals surface area contributed by atoms with Gasteiger partial charge in [0.1, 0.15) is 11.3 Å². The van der Waals surface area contributed by atoms with E-state index in [4.69, 9.17) is 9.15 Å². The van der Waals surface area contributed by atoms with Gasteiger partial charge < -0.3 is 14.3 Å². The third-order valence-electron chi connectivity index (χ3n) is 5.25. The molecule has 33 heavy (non-hydrogen) atoms. The number of alkyl halides is 3. The number of aliphatic imine (C=N–C) groups is 1. The molecule has 2 N–H and O–H groups in total. The highest BCUT2D eigenvalue weighted by molar-refractivity contribution is 6.21. The second-order valence-corrected chi connectivity index (χ2v) is 7.60. The van der Waals surface area contributed by atoms with Crippen LogP contribution in [0.15, 0.2) is 34.3 Å². The second kappa shape index (κ2) is 9.28. The van der Waals surface area contributed by atoms with Gasteiger partial charge in [0, 0.05) is 49.7 Å². The van der Waals surface area contributed by atoms with E-state index in [0.717, 1.165) is 5.56 Å². The fourth-order valence-corrected chi connectivity index (χ4v) is 3.72. The van der Waals surface area contributed by atoms with Crippen LogP contribution < -0.4 is 5.43 Å². The number of hydrogen-bond acceptors (Lipinski definition) is 8. The fraction of sp³-hybridized carbons (Fsp3) is 0.364. The molecule has 0 unspecified atom stereocenters. The van der Waals surface area contributed by atoms with Crippen molar-refractivity contribution in [2.24, 2.45) is 4.99 Å². The van der Waals surface area contributed by atoms with E-state index in [2.05, 4.69) is 22.0 Å². The lowest BCUT2D eigenvalue weighted by Gasteiger charge is -2.34. The van der Waals surface area contributed by atoms with Crippen LogP contribution in [-0.4, -0.2) is 71.7 Å². The van der Waals surface area contributed by atoms with Crippen LogP contribution in [0.1, 0.15) is 23.8 Å². The van der Waals surface area contributed by atoms with E-state index >= 15 is 0 Å². The summed E-state index contributed by atoms with van der Waals surface area (Å²) < 4.78 is 49.3. The van der Waals surface area contributed by atoms with Crippen molar-refractivity contribution in [1.29, 1.82) is 0 Å². The van der Waals surface area contributed by atoms with Crippen molar-refractivity contribution in [3.05, 3.63) is 41.8 Å².